The van der Waals surface area contributed by atoms with Crippen molar-refractivity contribution in [1.82, 2.24) is 0 Å². The lowest BCUT2D eigenvalue weighted by Gasteiger charge is -2.18. The largest absolute Gasteiger partial charge is 0.462 e. The molecule has 0 aromatic carbocycles. The number of esters is 3. The molecule has 0 N–H and O–H groups in total. The summed E-state index contributed by atoms with van der Waals surface area (Å²) in [5.74, 6) is -0.918. The second kappa shape index (κ2) is 62.9. The average Bonchev–Trinajstić information content (AvgIpc) is 3.41. The topological polar surface area (TPSA) is 78.9 Å². The van der Waals surface area contributed by atoms with Gasteiger partial charge in [-0.15, -0.1) is 0 Å². The van der Waals surface area contributed by atoms with Crippen LogP contribution in [-0.2, 0) is 28.6 Å². The predicted molar refractivity (Wildman–Crippen MR) is 325 cm³/mol. The first kappa shape index (κ1) is 71.3. The highest BCUT2D eigenvalue weighted by molar-refractivity contribution is 5.71. The molecule has 1 atom stereocenters. The molecule has 0 aromatic rings. The van der Waals surface area contributed by atoms with Crippen molar-refractivity contribution in [3.63, 3.8) is 0 Å². The Hall–Kier alpha value is -3.67. The Labute approximate surface area is 464 Å². The van der Waals surface area contributed by atoms with Crippen LogP contribution in [-0.4, -0.2) is 37.2 Å². The van der Waals surface area contributed by atoms with Gasteiger partial charge in [-0.05, 0) is 116 Å². The first-order valence-electron chi connectivity index (χ1n) is 31.7. The molecule has 0 radical (unpaired) electrons. The molecule has 0 saturated heterocycles. The summed E-state index contributed by atoms with van der Waals surface area (Å²) in [4.78, 5) is 38.2. The Morgan fingerprint density at radius 3 is 0.867 bits per heavy atom. The molecule has 430 valence electrons. The van der Waals surface area contributed by atoms with Crippen LogP contribution in [0.25, 0.3) is 0 Å². The molecule has 1 unspecified atom stereocenters. The summed E-state index contributed by atoms with van der Waals surface area (Å²) in [7, 11) is 0. The minimum absolute atomic E-state index is 0.0898. The third kappa shape index (κ3) is 61.1. The van der Waals surface area contributed by atoms with E-state index in [0.717, 1.165) is 116 Å². The molecule has 0 heterocycles. The van der Waals surface area contributed by atoms with Crippen molar-refractivity contribution in [2.75, 3.05) is 13.2 Å². The van der Waals surface area contributed by atoms with Gasteiger partial charge in [0.15, 0.2) is 6.10 Å². The number of rotatable bonds is 57. The van der Waals surface area contributed by atoms with Gasteiger partial charge < -0.3 is 14.2 Å². The highest BCUT2D eigenvalue weighted by Crippen LogP contribution is 2.16. The molecule has 0 aliphatic carbocycles. The second-order valence-electron chi connectivity index (χ2n) is 20.9. The van der Waals surface area contributed by atoms with E-state index >= 15 is 0 Å². The summed E-state index contributed by atoms with van der Waals surface area (Å²) in [5, 5.41) is 0. The van der Waals surface area contributed by atoms with E-state index in [1.54, 1.807) is 0 Å². The van der Waals surface area contributed by atoms with E-state index in [1.165, 1.54) is 148 Å². The first-order chi connectivity index (χ1) is 37.0. The van der Waals surface area contributed by atoms with Crippen LogP contribution in [0.5, 0.6) is 0 Å². The lowest BCUT2D eigenvalue weighted by molar-refractivity contribution is -0.167. The van der Waals surface area contributed by atoms with Crippen LogP contribution in [0.15, 0.2) is 97.2 Å². The van der Waals surface area contributed by atoms with Crippen molar-refractivity contribution in [3.05, 3.63) is 97.2 Å². The summed E-state index contributed by atoms with van der Waals surface area (Å²) < 4.78 is 16.9. The summed E-state index contributed by atoms with van der Waals surface area (Å²) in [6.45, 7) is 6.46. The molecule has 0 bridgehead atoms. The van der Waals surface area contributed by atoms with Gasteiger partial charge in [-0.25, -0.2) is 0 Å². The van der Waals surface area contributed by atoms with Crippen molar-refractivity contribution < 1.29 is 28.6 Å². The Kier molecular flexibility index (Phi) is 59.8. The molecule has 6 nitrogen and oxygen atoms in total. The molecule has 0 spiro atoms. The lowest BCUT2D eigenvalue weighted by Crippen LogP contribution is -2.30. The zero-order valence-corrected chi connectivity index (χ0v) is 49.3. The number of allylic oxidation sites excluding steroid dienone is 16. The second-order valence-corrected chi connectivity index (χ2v) is 20.9. The van der Waals surface area contributed by atoms with E-state index < -0.39 is 6.10 Å². The normalized spacial score (nSPS) is 12.7. The summed E-state index contributed by atoms with van der Waals surface area (Å²) in [5.41, 5.74) is 0. The van der Waals surface area contributed by atoms with Gasteiger partial charge in [-0.2, -0.15) is 0 Å². The molecule has 0 amide bonds. The van der Waals surface area contributed by atoms with E-state index in [4.69, 9.17) is 14.2 Å². The number of hydrogen-bond donors (Lipinski definition) is 0. The maximum atomic E-state index is 12.9. The van der Waals surface area contributed by atoms with E-state index in [9.17, 15) is 14.4 Å². The molecule has 6 heteroatoms. The maximum absolute atomic E-state index is 12.9. The van der Waals surface area contributed by atoms with Gasteiger partial charge in [0, 0.05) is 19.3 Å². The van der Waals surface area contributed by atoms with E-state index in [0.29, 0.717) is 19.3 Å². The number of hydrogen-bond acceptors (Lipinski definition) is 6. The minimum Gasteiger partial charge on any atom is -0.462 e. The molecule has 0 aliphatic heterocycles. The van der Waals surface area contributed by atoms with Gasteiger partial charge in [0.2, 0.25) is 0 Å². The highest BCUT2D eigenvalue weighted by atomic mass is 16.6. The molecule has 0 aromatic heterocycles. The predicted octanol–water partition coefficient (Wildman–Crippen LogP) is 21.7. The quantitative estimate of drug-likeness (QED) is 0.0261. The molecule has 0 fully saturated rings. The zero-order valence-electron chi connectivity index (χ0n) is 49.3. The van der Waals surface area contributed by atoms with Crippen LogP contribution in [0.1, 0.15) is 303 Å². The van der Waals surface area contributed by atoms with Crippen molar-refractivity contribution in [1.29, 1.82) is 0 Å². The van der Waals surface area contributed by atoms with Gasteiger partial charge in [-0.1, -0.05) is 266 Å². The third-order valence-electron chi connectivity index (χ3n) is 13.5. The Balaban J connectivity index is 4.24. The van der Waals surface area contributed by atoms with Gasteiger partial charge in [0.25, 0.3) is 0 Å². The van der Waals surface area contributed by atoms with E-state index in [-0.39, 0.29) is 31.1 Å². The maximum Gasteiger partial charge on any atom is 0.306 e. The lowest BCUT2D eigenvalue weighted by atomic mass is 10.0. The van der Waals surface area contributed by atoms with Crippen LogP contribution in [0.4, 0.5) is 0 Å². The highest BCUT2D eigenvalue weighted by Gasteiger charge is 2.19. The van der Waals surface area contributed by atoms with Gasteiger partial charge >= 0.3 is 17.9 Å². The molecular formula is C69H118O6. The Morgan fingerprint density at radius 2 is 0.533 bits per heavy atom. The van der Waals surface area contributed by atoms with Crippen LogP contribution in [0, 0.1) is 0 Å². The fourth-order valence-corrected chi connectivity index (χ4v) is 8.78. The number of unbranched alkanes of at least 4 members (excludes halogenated alkanes) is 30. The van der Waals surface area contributed by atoms with Crippen molar-refractivity contribution in [2.45, 2.75) is 309 Å². The Bertz CT molecular complexity index is 1480. The van der Waals surface area contributed by atoms with Crippen LogP contribution >= 0.6 is 0 Å². The number of ether oxygens (including phenoxy) is 3. The van der Waals surface area contributed by atoms with Crippen molar-refractivity contribution >= 4 is 17.9 Å². The van der Waals surface area contributed by atoms with Crippen LogP contribution in [0.2, 0.25) is 0 Å². The van der Waals surface area contributed by atoms with Crippen molar-refractivity contribution in [2.24, 2.45) is 0 Å². The van der Waals surface area contributed by atoms with E-state index in [2.05, 4.69) is 118 Å². The molecule has 0 rings (SSSR count). The molecule has 0 saturated carbocycles. The van der Waals surface area contributed by atoms with E-state index in [1.807, 2.05) is 0 Å². The number of carbonyl (C=O) groups excluding carboxylic acids is 3. The molecule has 0 aliphatic rings. The van der Waals surface area contributed by atoms with Crippen LogP contribution in [0.3, 0.4) is 0 Å². The zero-order chi connectivity index (χ0) is 54.3. The first-order valence-corrected chi connectivity index (χ1v) is 31.7. The van der Waals surface area contributed by atoms with Gasteiger partial charge in [0.05, 0.1) is 0 Å². The Morgan fingerprint density at radius 1 is 0.280 bits per heavy atom. The molecular weight excluding hydrogens is 925 g/mol. The van der Waals surface area contributed by atoms with Crippen LogP contribution < -0.4 is 0 Å². The average molecular weight is 1040 g/mol. The smallest absolute Gasteiger partial charge is 0.306 e. The fourth-order valence-electron chi connectivity index (χ4n) is 8.78. The number of carbonyl (C=O) groups is 3. The monoisotopic (exact) mass is 1040 g/mol. The standard InChI is InChI=1S/C69H118O6/c1-4-7-10-13-16-19-22-24-26-28-29-30-31-32-33-34-35-36-37-38-39-41-42-44-47-50-53-56-59-62-68(71)74-65-66(64-73-67(70)61-58-55-52-49-46-21-18-15-12-9-6-3)75-69(72)63-60-57-54-51-48-45-43-40-27-25-23-20-17-14-11-8-5-2/h8,11,15,17-18,20,22,24-25,27-29,31-32,43,45,66H,4-7,9-10,12-14,16,19,21,23,26,30,33-42,44,46-65H2,1-3H3/b11-8-,18-15-,20-17-,24-22-,27-25-,29-28-,32-31-,45-43-. The SMILES string of the molecule is CC/C=C\C/C=C\C/C=C\C/C=C\CCCCCCC(=O)OC(COC(=O)CCCCCCC/C=C\CCCC)COC(=O)CCCCCCCCCCCCCCCC/C=C\C/C=C\C/C=C\CCCCCCC. The third-order valence-corrected chi connectivity index (χ3v) is 13.5. The minimum atomic E-state index is -0.795. The molecule has 75 heavy (non-hydrogen) atoms. The summed E-state index contributed by atoms with van der Waals surface area (Å²) in [6.07, 6.45) is 84.2. The van der Waals surface area contributed by atoms with Crippen molar-refractivity contribution in [3.8, 4) is 0 Å². The fraction of sp³-hybridized carbons (Fsp3) is 0.725. The summed E-state index contributed by atoms with van der Waals surface area (Å²) in [6, 6.07) is 0. The van der Waals surface area contributed by atoms with Gasteiger partial charge in [-0.3, -0.25) is 14.4 Å². The summed E-state index contributed by atoms with van der Waals surface area (Å²) >= 11 is 0. The van der Waals surface area contributed by atoms with Gasteiger partial charge in [0.1, 0.15) is 13.2 Å².